The Hall–Kier alpha value is -1.58. The van der Waals surface area contributed by atoms with Crippen LogP contribution in [0.2, 0.25) is 0 Å². The second-order valence-corrected chi connectivity index (χ2v) is 9.78. The van der Waals surface area contributed by atoms with Crippen LogP contribution in [0.5, 0.6) is 0 Å². The number of amides is 1. The zero-order valence-corrected chi connectivity index (χ0v) is 17.2. The molecule has 2 aromatic heterocycles. The molecule has 0 spiro atoms. The van der Waals surface area contributed by atoms with Crippen molar-refractivity contribution in [1.29, 1.82) is 0 Å². The number of carbonyl (C=O) groups excluding carboxylic acids is 1. The lowest BCUT2D eigenvalue weighted by molar-refractivity contribution is 0.0687. The maximum atomic E-state index is 13.0. The highest BCUT2D eigenvalue weighted by Crippen LogP contribution is 2.28. The summed E-state index contributed by atoms with van der Waals surface area (Å²) >= 11 is 3.30. The molecule has 2 aromatic rings. The van der Waals surface area contributed by atoms with Crippen molar-refractivity contribution in [3.05, 3.63) is 35.2 Å². The molecule has 3 heterocycles. The SMILES string of the molecule is C=CCn1c(C(=O)N2CCN(S(=O)(=O)C(C)C)CC2)cc2oc(Br)cc21. The zero-order valence-electron chi connectivity index (χ0n) is 14.8. The highest BCUT2D eigenvalue weighted by atomic mass is 79.9. The molecule has 0 radical (unpaired) electrons. The van der Waals surface area contributed by atoms with E-state index in [0.717, 1.165) is 5.52 Å². The van der Waals surface area contributed by atoms with Crippen molar-refractivity contribution in [2.24, 2.45) is 0 Å². The van der Waals surface area contributed by atoms with E-state index in [-0.39, 0.29) is 5.91 Å². The lowest BCUT2D eigenvalue weighted by Gasteiger charge is -2.35. The normalized spacial score (nSPS) is 16.5. The minimum atomic E-state index is -3.29. The number of halogens is 1. The number of aromatic nitrogens is 1. The first-order valence-electron chi connectivity index (χ1n) is 8.43. The van der Waals surface area contributed by atoms with E-state index in [4.69, 9.17) is 4.42 Å². The molecular formula is C17H22BrN3O4S. The van der Waals surface area contributed by atoms with Crippen molar-refractivity contribution in [2.45, 2.75) is 25.6 Å². The first kappa shape index (κ1) is 19.2. The van der Waals surface area contributed by atoms with Gasteiger partial charge in [0.25, 0.3) is 5.91 Å². The average molecular weight is 444 g/mol. The second-order valence-electron chi connectivity index (χ2n) is 6.51. The Labute approximate surface area is 161 Å². The fraction of sp³-hybridized carbons (Fsp3) is 0.471. The lowest BCUT2D eigenvalue weighted by Crippen LogP contribution is -2.52. The summed E-state index contributed by atoms with van der Waals surface area (Å²) in [6, 6.07) is 3.55. The van der Waals surface area contributed by atoms with Crippen molar-refractivity contribution in [2.75, 3.05) is 26.2 Å². The van der Waals surface area contributed by atoms with Gasteiger partial charge in [-0.25, -0.2) is 8.42 Å². The lowest BCUT2D eigenvalue weighted by atomic mass is 10.3. The van der Waals surface area contributed by atoms with Gasteiger partial charge in [-0.15, -0.1) is 6.58 Å². The van der Waals surface area contributed by atoms with Gasteiger partial charge in [0, 0.05) is 44.9 Å². The van der Waals surface area contributed by atoms with Crippen molar-refractivity contribution >= 4 is 43.0 Å². The maximum Gasteiger partial charge on any atom is 0.270 e. The molecule has 0 N–H and O–H groups in total. The molecule has 1 aliphatic heterocycles. The molecule has 7 nitrogen and oxygen atoms in total. The number of furan rings is 1. The van der Waals surface area contributed by atoms with Crippen LogP contribution in [-0.4, -0.2) is 59.5 Å². The van der Waals surface area contributed by atoms with Gasteiger partial charge < -0.3 is 13.9 Å². The first-order valence-corrected chi connectivity index (χ1v) is 10.7. The third kappa shape index (κ3) is 3.35. The van der Waals surface area contributed by atoms with Crippen LogP contribution in [0.25, 0.3) is 11.1 Å². The molecule has 9 heteroatoms. The van der Waals surface area contributed by atoms with E-state index in [1.165, 1.54) is 4.31 Å². The third-order valence-electron chi connectivity index (χ3n) is 4.57. The molecule has 1 aliphatic rings. The molecule has 0 unspecified atom stereocenters. The molecule has 1 fully saturated rings. The molecule has 0 saturated carbocycles. The Kier molecular flexibility index (Phi) is 5.32. The van der Waals surface area contributed by atoms with Gasteiger partial charge in [0.05, 0.1) is 10.8 Å². The van der Waals surface area contributed by atoms with Gasteiger partial charge in [0.2, 0.25) is 10.0 Å². The molecule has 1 saturated heterocycles. The molecule has 3 rings (SSSR count). The third-order valence-corrected chi connectivity index (χ3v) is 7.24. The fourth-order valence-electron chi connectivity index (χ4n) is 3.12. The van der Waals surface area contributed by atoms with Crippen LogP contribution in [0.4, 0.5) is 0 Å². The Bertz CT molecular complexity index is 937. The Balaban J connectivity index is 1.81. The summed E-state index contributed by atoms with van der Waals surface area (Å²) in [6.45, 7) is 8.95. The molecule has 0 aromatic carbocycles. The number of hydrogen-bond acceptors (Lipinski definition) is 4. The van der Waals surface area contributed by atoms with Crippen LogP contribution >= 0.6 is 15.9 Å². The fourth-order valence-corrected chi connectivity index (χ4v) is 4.78. The molecule has 0 aliphatic carbocycles. The molecular weight excluding hydrogens is 422 g/mol. The Morgan fingerprint density at radius 2 is 1.96 bits per heavy atom. The average Bonchev–Trinajstić information content (AvgIpc) is 3.11. The predicted octanol–water partition coefficient (Wildman–Crippen LogP) is 2.68. The highest BCUT2D eigenvalue weighted by molar-refractivity contribution is 9.10. The van der Waals surface area contributed by atoms with Crippen molar-refractivity contribution < 1.29 is 17.6 Å². The van der Waals surface area contributed by atoms with Gasteiger partial charge >= 0.3 is 0 Å². The number of rotatable bonds is 5. The first-order chi connectivity index (χ1) is 12.3. The number of piperazine rings is 1. The molecule has 142 valence electrons. The number of allylic oxidation sites excluding steroid dienone is 1. The molecule has 0 bridgehead atoms. The number of sulfonamides is 1. The number of carbonyl (C=O) groups is 1. The van der Waals surface area contributed by atoms with Gasteiger partial charge in [-0.05, 0) is 29.8 Å². The van der Waals surface area contributed by atoms with Gasteiger partial charge in [-0.3, -0.25) is 4.79 Å². The summed E-state index contributed by atoms with van der Waals surface area (Å²) in [4.78, 5) is 14.7. The number of nitrogens with zero attached hydrogens (tertiary/aromatic N) is 3. The number of fused-ring (bicyclic) bond motifs is 1. The van der Waals surface area contributed by atoms with Gasteiger partial charge in [0.15, 0.2) is 10.3 Å². The largest absolute Gasteiger partial charge is 0.448 e. The van der Waals surface area contributed by atoms with E-state index >= 15 is 0 Å². The summed E-state index contributed by atoms with van der Waals surface area (Å²) in [5, 5.41) is -0.458. The quantitative estimate of drug-likeness (QED) is 0.665. The van der Waals surface area contributed by atoms with E-state index in [9.17, 15) is 13.2 Å². The van der Waals surface area contributed by atoms with Crippen LogP contribution in [0, 0.1) is 0 Å². The summed E-state index contributed by atoms with van der Waals surface area (Å²) < 4.78 is 34.0. The van der Waals surface area contributed by atoms with Gasteiger partial charge in [-0.1, -0.05) is 6.08 Å². The van der Waals surface area contributed by atoms with E-state index in [0.29, 0.717) is 48.7 Å². The maximum absolute atomic E-state index is 13.0. The van der Waals surface area contributed by atoms with E-state index in [1.807, 2.05) is 10.6 Å². The monoisotopic (exact) mass is 443 g/mol. The van der Waals surface area contributed by atoms with E-state index in [1.54, 1.807) is 30.9 Å². The van der Waals surface area contributed by atoms with Crippen molar-refractivity contribution in [1.82, 2.24) is 13.8 Å². The Morgan fingerprint density at radius 3 is 2.54 bits per heavy atom. The van der Waals surface area contributed by atoms with Crippen LogP contribution in [-0.2, 0) is 16.6 Å². The minimum Gasteiger partial charge on any atom is -0.448 e. The zero-order chi connectivity index (χ0) is 19.1. The van der Waals surface area contributed by atoms with Crippen LogP contribution in [0.15, 0.2) is 33.9 Å². The summed E-state index contributed by atoms with van der Waals surface area (Å²) in [6.07, 6.45) is 1.73. The minimum absolute atomic E-state index is 0.129. The standard InChI is InChI=1S/C17H22BrN3O4S/c1-4-5-21-13-11-16(18)25-15(13)10-14(21)17(22)19-6-8-20(9-7-19)26(23,24)12(2)3/h4,10-12H,1,5-9H2,2-3H3. The topological polar surface area (TPSA) is 75.8 Å². The summed E-state index contributed by atoms with van der Waals surface area (Å²) in [7, 11) is -3.29. The van der Waals surface area contributed by atoms with E-state index < -0.39 is 15.3 Å². The van der Waals surface area contributed by atoms with Gasteiger partial charge in [-0.2, -0.15) is 4.31 Å². The second kappa shape index (κ2) is 7.21. The number of hydrogen-bond donors (Lipinski definition) is 0. The van der Waals surface area contributed by atoms with Crippen molar-refractivity contribution in [3.8, 4) is 0 Å². The van der Waals surface area contributed by atoms with Crippen molar-refractivity contribution in [3.63, 3.8) is 0 Å². The molecule has 1 amide bonds. The summed E-state index contributed by atoms with van der Waals surface area (Å²) in [5.41, 5.74) is 1.97. The highest BCUT2D eigenvalue weighted by Gasteiger charge is 2.32. The van der Waals surface area contributed by atoms with E-state index in [2.05, 4.69) is 22.5 Å². The van der Waals surface area contributed by atoms with Crippen LogP contribution < -0.4 is 0 Å². The van der Waals surface area contributed by atoms with Crippen LogP contribution in [0.1, 0.15) is 24.3 Å². The molecule has 0 atom stereocenters. The molecule has 26 heavy (non-hydrogen) atoms. The summed E-state index contributed by atoms with van der Waals surface area (Å²) in [5.74, 6) is -0.129. The Morgan fingerprint density at radius 1 is 1.31 bits per heavy atom. The predicted molar refractivity (Wildman–Crippen MR) is 104 cm³/mol. The smallest absolute Gasteiger partial charge is 0.270 e. The van der Waals surface area contributed by atoms with Gasteiger partial charge in [0.1, 0.15) is 5.69 Å². The van der Waals surface area contributed by atoms with Crippen LogP contribution in [0.3, 0.4) is 0 Å².